The first-order valence-electron chi connectivity index (χ1n) is 5.73. The topological polar surface area (TPSA) is 78.4 Å². The van der Waals surface area contributed by atoms with Gasteiger partial charge < -0.3 is 15.7 Å². The molecule has 2 amide bonds. The average Bonchev–Trinajstić information content (AvgIpc) is 3.15. The Balaban J connectivity index is 2.02. The number of amides is 2. The van der Waals surface area contributed by atoms with Gasteiger partial charge in [0.15, 0.2) is 0 Å². The number of para-hydroxylation sites is 1. The van der Waals surface area contributed by atoms with Crippen molar-refractivity contribution in [2.24, 2.45) is 5.92 Å². The van der Waals surface area contributed by atoms with Crippen LogP contribution in [0.4, 0.5) is 14.9 Å². The zero-order valence-electron chi connectivity index (χ0n) is 9.82. The minimum Gasteiger partial charge on any atom is -0.480 e. The molecule has 0 bridgehead atoms. The van der Waals surface area contributed by atoms with Crippen molar-refractivity contribution in [2.75, 3.05) is 5.32 Å². The average molecular weight is 331 g/mol. The van der Waals surface area contributed by atoms with Crippen molar-refractivity contribution in [1.29, 1.82) is 0 Å². The van der Waals surface area contributed by atoms with E-state index in [2.05, 4.69) is 26.6 Å². The first-order valence-corrected chi connectivity index (χ1v) is 6.52. The monoisotopic (exact) mass is 330 g/mol. The van der Waals surface area contributed by atoms with Gasteiger partial charge in [-0.1, -0.05) is 6.07 Å². The number of benzene rings is 1. The number of carbonyl (C=O) groups is 2. The first kappa shape index (κ1) is 13.8. The number of carboxylic acids is 1. The van der Waals surface area contributed by atoms with E-state index < -0.39 is 23.9 Å². The van der Waals surface area contributed by atoms with Gasteiger partial charge in [0, 0.05) is 4.47 Å². The van der Waals surface area contributed by atoms with Crippen LogP contribution in [0.2, 0.25) is 0 Å². The molecule has 1 atom stereocenters. The molecule has 0 saturated heterocycles. The molecule has 1 aliphatic carbocycles. The van der Waals surface area contributed by atoms with E-state index in [4.69, 9.17) is 5.11 Å². The zero-order chi connectivity index (χ0) is 14.0. The van der Waals surface area contributed by atoms with Crippen molar-refractivity contribution < 1.29 is 19.1 Å². The largest absolute Gasteiger partial charge is 0.480 e. The van der Waals surface area contributed by atoms with Crippen LogP contribution in [0.3, 0.4) is 0 Å². The van der Waals surface area contributed by atoms with E-state index in [0.717, 1.165) is 12.8 Å². The van der Waals surface area contributed by atoms with E-state index in [0.29, 0.717) is 4.47 Å². The third kappa shape index (κ3) is 3.44. The Morgan fingerprint density at radius 1 is 1.42 bits per heavy atom. The van der Waals surface area contributed by atoms with Gasteiger partial charge in [0.25, 0.3) is 0 Å². The molecule has 0 spiro atoms. The van der Waals surface area contributed by atoms with Crippen LogP contribution in [0.1, 0.15) is 12.8 Å². The molecule has 2 rings (SSSR count). The van der Waals surface area contributed by atoms with Crippen molar-refractivity contribution in [3.63, 3.8) is 0 Å². The number of carbonyl (C=O) groups excluding carboxylic acids is 1. The lowest BCUT2D eigenvalue weighted by Crippen LogP contribution is -2.44. The molecule has 7 heteroatoms. The molecule has 1 aromatic carbocycles. The number of aliphatic carboxylic acids is 1. The molecule has 19 heavy (non-hydrogen) atoms. The van der Waals surface area contributed by atoms with Crippen LogP contribution in [-0.2, 0) is 4.79 Å². The molecule has 3 N–H and O–H groups in total. The second-order valence-corrected chi connectivity index (χ2v) is 5.20. The molecule has 1 aliphatic rings. The molecule has 0 aliphatic heterocycles. The molecule has 1 aromatic rings. The standard InChI is InChI=1S/C12H12BrFN2O3/c13-7-2-1-3-8(14)10(7)16-12(19)15-9(11(17)18)6-4-5-6/h1-3,6,9H,4-5H2,(H,17,18)(H2,15,16,19). The van der Waals surface area contributed by atoms with Gasteiger partial charge in [-0.15, -0.1) is 0 Å². The van der Waals surface area contributed by atoms with Crippen molar-refractivity contribution in [3.8, 4) is 0 Å². The molecule has 0 radical (unpaired) electrons. The van der Waals surface area contributed by atoms with E-state index in [9.17, 15) is 14.0 Å². The van der Waals surface area contributed by atoms with Gasteiger partial charge in [0.1, 0.15) is 11.9 Å². The molecule has 5 nitrogen and oxygen atoms in total. The van der Waals surface area contributed by atoms with Gasteiger partial charge in [-0.25, -0.2) is 14.0 Å². The number of urea groups is 1. The van der Waals surface area contributed by atoms with Crippen molar-refractivity contribution in [3.05, 3.63) is 28.5 Å². The fourth-order valence-electron chi connectivity index (χ4n) is 1.72. The fraction of sp³-hybridized carbons (Fsp3) is 0.333. The summed E-state index contributed by atoms with van der Waals surface area (Å²) in [6.07, 6.45) is 1.56. The summed E-state index contributed by atoms with van der Waals surface area (Å²) in [5, 5.41) is 13.6. The van der Waals surface area contributed by atoms with Crippen LogP contribution < -0.4 is 10.6 Å². The Hall–Kier alpha value is -1.63. The van der Waals surface area contributed by atoms with Crippen molar-refractivity contribution >= 4 is 33.6 Å². The summed E-state index contributed by atoms with van der Waals surface area (Å²) < 4.78 is 13.9. The highest BCUT2D eigenvalue weighted by atomic mass is 79.9. The molecule has 0 heterocycles. The zero-order valence-corrected chi connectivity index (χ0v) is 11.4. The summed E-state index contributed by atoms with van der Waals surface area (Å²) >= 11 is 3.11. The van der Waals surface area contributed by atoms with Crippen LogP contribution in [-0.4, -0.2) is 23.1 Å². The maximum Gasteiger partial charge on any atom is 0.326 e. The quantitative estimate of drug-likeness (QED) is 0.793. The molecule has 1 unspecified atom stereocenters. The lowest BCUT2D eigenvalue weighted by molar-refractivity contribution is -0.139. The van der Waals surface area contributed by atoms with E-state index in [1.165, 1.54) is 12.1 Å². The summed E-state index contributed by atoms with van der Waals surface area (Å²) in [7, 11) is 0. The van der Waals surface area contributed by atoms with Gasteiger partial charge in [0.05, 0.1) is 5.69 Å². The number of halogens is 2. The van der Waals surface area contributed by atoms with Crippen LogP contribution in [0, 0.1) is 11.7 Å². The van der Waals surface area contributed by atoms with Crippen LogP contribution in [0.15, 0.2) is 22.7 Å². The molecule has 102 valence electrons. The molecule has 1 fully saturated rings. The minimum atomic E-state index is -1.08. The van der Waals surface area contributed by atoms with Gasteiger partial charge in [-0.2, -0.15) is 0 Å². The maximum atomic E-state index is 13.5. The lowest BCUT2D eigenvalue weighted by Gasteiger charge is -2.15. The fourth-order valence-corrected chi connectivity index (χ4v) is 2.16. The molecular weight excluding hydrogens is 319 g/mol. The second kappa shape index (κ2) is 5.56. The molecule has 0 aromatic heterocycles. The van der Waals surface area contributed by atoms with Crippen molar-refractivity contribution in [1.82, 2.24) is 5.32 Å². The normalized spacial score (nSPS) is 15.7. The number of nitrogens with one attached hydrogen (secondary N) is 2. The maximum absolute atomic E-state index is 13.5. The third-order valence-electron chi connectivity index (χ3n) is 2.85. The number of anilines is 1. The van der Waals surface area contributed by atoms with Crippen LogP contribution >= 0.6 is 15.9 Å². The van der Waals surface area contributed by atoms with E-state index >= 15 is 0 Å². The van der Waals surface area contributed by atoms with Crippen LogP contribution in [0.25, 0.3) is 0 Å². The minimum absolute atomic E-state index is 0.0139. The summed E-state index contributed by atoms with van der Waals surface area (Å²) in [6, 6.07) is 2.62. The van der Waals surface area contributed by atoms with Gasteiger partial charge in [0.2, 0.25) is 0 Å². The van der Waals surface area contributed by atoms with Gasteiger partial charge in [-0.05, 0) is 46.8 Å². The molecular formula is C12H12BrFN2O3. The van der Waals surface area contributed by atoms with Gasteiger partial charge in [-0.3, -0.25) is 0 Å². The Kier molecular flexibility index (Phi) is 4.04. The predicted octanol–water partition coefficient (Wildman–Crippen LogP) is 2.57. The van der Waals surface area contributed by atoms with E-state index in [1.807, 2.05) is 0 Å². The van der Waals surface area contributed by atoms with Crippen LogP contribution in [0.5, 0.6) is 0 Å². The first-order chi connectivity index (χ1) is 8.99. The Morgan fingerprint density at radius 2 is 2.11 bits per heavy atom. The second-order valence-electron chi connectivity index (χ2n) is 4.35. The summed E-state index contributed by atoms with van der Waals surface area (Å²) in [6.45, 7) is 0. The summed E-state index contributed by atoms with van der Waals surface area (Å²) in [5.74, 6) is -1.71. The third-order valence-corrected chi connectivity index (χ3v) is 3.51. The highest BCUT2D eigenvalue weighted by Gasteiger charge is 2.37. The van der Waals surface area contributed by atoms with E-state index in [-0.39, 0.29) is 11.6 Å². The van der Waals surface area contributed by atoms with E-state index in [1.54, 1.807) is 6.07 Å². The Labute approximate surface area is 117 Å². The smallest absolute Gasteiger partial charge is 0.326 e. The highest BCUT2D eigenvalue weighted by Crippen LogP contribution is 2.33. The van der Waals surface area contributed by atoms with Gasteiger partial charge >= 0.3 is 12.0 Å². The summed E-state index contributed by atoms with van der Waals surface area (Å²) in [4.78, 5) is 22.7. The Morgan fingerprint density at radius 3 is 2.63 bits per heavy atom. The Bertz CT molecular complexity index is 499. The SMILES string of the molecule is O=C(Nc1c(F)cccc1Br)NC(C(=O)O)C1CC1. The lowest BCUT2D eigenvalue weighted by atomic mass is 10.2. The highest BCUT2D eigenvalue weighted by molar-refractivity contribution is 9.10. The number of hydrogen-bond acceptors (Lipinski definition) is 2. The summed E-state index contributed by atoms with van der Waals surface area (Å²) in [5.41, 5.74) is -0.0139. The molecule has 1 saturated carbocycles. The number of carboxylic acid groups (broad SMARTS) is 1. The number of rotatable bonds is 4. The number of hydrogen-bond donors (Lipinski definition) is 3. The predicted molar refractivity (Wildman–Crippen MR) is 70.4 cm³/mol. The van der Waals surface area contributed by atoms with Crippen molar-refractivity contribution in [2.45, 2.75) is 18.9 Å².